The van der Waals surface area contributed by atoms with Gasteiger partial charge < -0.3 is 14.8 Å². The summed E-state index contributed by atoms with van der Waals surface area (Å²) in [5.41, 5.74) is -0.133. The smallest absolute Gasteiger partial charge is 0.0644 e. The second kappa shape index (κ2) is 6.46. The molecule has 0 fully saturated rings. The van der Waals surface area contributed by atoms with E-state index in [0.29, 0.717) is 0 Å². The molecule has 0 spiro atoms. The second-order valence-electron chi connectivity index (χ2n) is 5.18. The van der Waals surface area contributed by atoms with E-state index >= 15 is 0 Å². The van der Waals surface area contributed by atoms with E-state index in [1.807, 2.05) is 7.05 Å². The average molecular weight is 217 g/mol. The largest absolute Gasteiger partial charge is 0.379 e. The normalized spacial score (nSPS) is 13.2. The van der Waals surface area contributed by atoms with Crippen molar-refractivity contribution in [2.75, 3.05) is 27.3 Å². The highest BCUT2D eigenvalue weighted by molar-refractivity contribution is 4.72. The van der Waals surface area contributed by atoms with E-state index < -0.39 is 0 Å². The highest BCUT2D eigenvalue weighted by Gasteiger charge is 2.21. The van der Waals surface area contributed by atoms with Crippen LogP contribution in [0.2, 0.25) is 0 Å². The molecular formula is C12H27NO2. The van der Waals surface area contributed by atoms with Crippen LogP contribution >= 0.6 is 0 Å². The zero-order valence-corrected chi connectivity index (χ0v) is 11.1. The first-order valence-corrected chi connectivity index (χ1v) is 5.67. The highest BCUT2D eigenvalue weighted by Crippen LogP contribution is 2.18. The molecule has 0 aliphatic rings. The maximum Gasteiger partial charge on any atom is 0.0644 e. The van der Waals surface area contributed by atoms with Crippen molar-refractivity contribution in [3.8, 4) is 0 Å². The maximum atomic E-state index is 5.85. The summed E-state index contributed by atoms with van der Waals surface area (Å²) < 4.78 is 11.2. The molecule has 0 aliphatic heterocycles. The fraction of sp³-hybridized carbons (Fsp3) is 1.00. The lowest BCUT2D eigenvalue weighted by Crippen LogP contribution is -2.32. The molecule has 0 saturated carbocycles. The quantitative estimate of drug-likeness (QED) is 0.676. The summed E-state index contributed by atoms with van der Waals surface area (Å²) in [6, 6.07) is 0. The third-order valence-electron chi connectivity index (χ3n) is 2.73. The summed E-state index contributed by atoms with van der Waals surface area (Å²) in [6.07, 6.45) is 1.95. The predicted octanol–water partition coefficient (Wildman–Crippen LogP) is 2.21. The monoisotopic (exact) mass is 217 g/mol. The van der Waals surface area contributed by atoms with Gasteiger partial charge in [0.05, 0.1) is 17.8 Å². The summed E-state index contributed by atoms with van der Waals surface area (Å²) in [4.78, 5) is 0. The summed E-state index contributed by atoms with van der Waals surface area (Å²) in [6.45, 7) is 10.2. The van der Waals surface area contributed by atoms with E-state index in [1.54, 1.807) is 7.11 Å². The third-order valence-corrected chi connectivity index (χ3v) is 2.73. The highest BCUT2D eigenvalue weighted by atomic mass is 16.5. The molecule has 0 atom stereocenters. The lowest BCUT2D eigenvalue weighted by molar-refractivity contribution is -0.0605. The molecule has 0 heterocycles. The Bertz CT molecular complexity index is 167. The van der Waals surface area contributed by atoms with E-state index in [-0.39, 0.29) is 11.2 Å². The van der Waals surface area contributed by atoms with Crippen molar-refractivity contribution < 1.29 is 9.47 Å². The molecule has 0 aliphatic carbocycles. The number of ether oxygens (including phenoxy) is 2. The molecular weight excluding hydrogens is 190 g/mol. The van der Waals surface area contributed by atoms with E-state index in [2.05, 4.69) is 33.0 Å². The first-order chi connectivity index (χ1) is 6.83. The van der Waals surface area contributed by atoms with Crippen molar-refractivity contribution in [3.05, 3.63) is 0 Å². The summed E-state index contributed by atoms with van der Waals surface area (Å²) in [7, 11) is 3.70. The summed E-state index contributed by atoms with van der Waals surface area (Å²) >= 11 is 0. The van der Waals surface area contributed by atoms with Crippen LogP contribution < -0.4 is 5.32 Å². The standard InChI is InChI=1S/C12H27NO2/c1-11(2,14-6)8-10-15-12(3,4)7-9-13-5/h13H,7-10H2,1-6H3. The van der Waals surface area contributed by atoms with Crippen molar-refractivity contribution in [2.24, 2.45) is 0 Å². The van der Waals surface area contributed by atoms with E-state index in [0.717, 1.165) is 26.0 Å². The van der Waals surface area contributed by atoms with Crippen molar-refractivity contribution in [2.45, 2.75) is 51.7 Å². The van der Waals surface area contributed by atoms with Gasteiger partial charge in [-0.05, 0) is 54.1 Å². The van der Waals surface area contributed by atoms with Gasteiger partial charge >= 0.3 is 0 Å². The van der Waals surface area contributed by atoms with E-state index in [1.165, 1.54) is 0 Å². The fourth-order valence-corrected chi connectivity index (χ4v) is 1.17. The average Bonchev–Trinajstić information content (AvgIpc) is 2.14. The van der Waals surface area contributed by atoms with Gasteiger partial charge in [0.15, 0.2) is 0 Å². The van der Waals surface area contributed by atoms with Crippen molar-refractivity contribution in [1.82, 2.24) is 5.32 Å². The third kappa shape index (κ3) is 7.77. The minimum absolute atomic E-state index is 0.0488. The molecule has 0 saturated heterocycles. The molecule has 3 heteroatoms. The Morgan fingerprint density at radius 1 is 1.00 bits per heavy atom. The Hall–Kier alpha value is -0.120. The molecule has 0 aromatic heterocycles. The second-order valence-corrected chi connectivity index (χ2v) is 5.18. The van der Waals surface area contributed by atoms with Crippen LogP contribution in [-0.2, 0) is 9.47 Å². The Kier molecular flexibility index (Phi) is 6.41. The number of nitrogens with one attached hydrogen (secondary N) is 1. The van der Waals surface area contributed by atoms with Gasteiger partial charge in [-0.1, -0.05) is 0 Å². The van der Waals surface area contributed by atoms with E-state index in [4.69, 9.17) is 9.47 Å². The molecule has 0 bridgehead atoms. The van der Waals surface area contributed by atoms with Crippen LogP contribution in [-0.4, -0.2) is 38.5 Å². The molecule has 1 N–H and O–H groups in total. The van der Waals surface area contributed by atoms with Gasteiger partial charge in [0.1, 0.15) is 0 Å². The van der Waals surface area contributed by atoms with Crippen LogP contribution in [0.25, 0.3) is 0 Å². The molecule has 0 aromatic rings. The van der Waals surface area contributed by atoms with Gasteiger partial charge in [0.25, 0.3) is 0 Å². The van der Waals surface area contributed by atoms with Crippen molar-refractivity contribution in [1.29, 1.82) is 0 Å². The van der Waals surface area contributed by atoms with Crippen LogP contribution in [0.1, 0.15) is 40.5 Å². The van der Waals surface area contributed by atoms with Gasteiger partial charge in [-0.15, -0.1) is 0 Å². The van der Waals surface area contributed by atoms with Crippen LogP contribution in [0.3, 0.4) is 0 Å². The summed E-state index contributed by atoms with van der Waals surface area (Å²) in [5.74, 6) is 0. The molecule has 0 rings (SSSR count). The van der Waals surface area contributed by atoms with E-state index in [9.17, 15) is 0 Å². The Labute approximate surface area is 94.5 Å². The van der Waals surface area contributed by atoms with Crippen molar-refractivity contribution in [3.63, 3.8) is 0 Å². The SMILES string of the molecule is CNCCC(C)(C)OCCC(C)(C)OC. The number of hydrogen-bond donors (Lipinski definition) is 1. The molecule has 0 aromatic carbocycles. The van der Waals surface area contributed by atoms with Crippen LogP contribution in [0.5, 0.6) is 0 Å². The number of rotatable bonds is 8. The minimum Gasteiger partial charge on any atom is -0.379 e. The Morgan fingerprint density at radius 2 is 1.60 bits per heavy atom. The van der Waals surface area contributed by atoms with Crippen LogP contribution in [0.4, 0.5) is 0 Å². The molecule has 0 amide bonds. The number of methoxy groups -OCH3 is 1. The number of hydrogen-bond acceptors (Lipinski definition) is 3. The predicted molar refractivity (Wildman–Crippen MR) is 64.3 cm³/mol. The van der Waals surface area contributed by atoms with Crippen LogP contribution in [0, 0.1) is 0 Å². The van der Waals surface area contributed by atoms with Gasteiger partial charge in [-0.3, -0.25) is 0 Å². The fourth-order valence-electron chi connectivity index (χ4n) is 1.17. The molecule has 0 radical (unpaired) electrons. The first-order valence-electron chi connectivity index (χ1n) is 5.67. The summed E-state index contributed by atoms with van der Waals surface area (Å²) in [5, 5.41) is 3.14. The van der Waals surface area contributed by atoms with Crippen molar-refractivity contribution >= 4 is 0 Å². The minimum atomic E-state index is -0.0842. The maximum absolute atomic E-state index is 5.85. The topological polar surface area (TPSA) is 30.5 Å². The van der Waals surface area contributed by atoms with Crippen LogP contribution in [0.15, 0.2) is 0 Å². The zero-order valence-electron chi connectivity index (χ0n) is 11.1. The molecule has 3 nitrogen and oxygen atoms in total. The van der Waals surface area contributed by atoms with Gasteiger partial charge in [-0.25, -0.2) is 0 Å². The lowest BCUT2D eigenvalue weighted by atomic mass is 10.0. The lowest BCUT2D eigenvalue weighted by Gasteiger charge is -2.28. The molecule has 92 valence electrons. The molecule has 15 heavy (non-hydrogen) atoms. The first kappa shape index (κ1) is 14.9. The van der Waals surface area contributed by atoms with Gasteiger partial charge in [-0.2, -0.15) is 0 Å². The van der Waals surface area contributed by atoms with Gasteiger partial charge in [0.2, 0.25) is 0 Å². The van der Waals surface area contributed by atoms with Gasteiger partial charge in [0, 0.05) is 7.11 Å². The Balaban J connectivity index is 3.74. The Morgan fingerprint density at radius 3 is 2.07 bits per heavy atom. The zero-order chi connectivity index (χ0) is 11.9. The molecule has 0 unspecified atom stereocenters.